The number of nitrogens with one attached hydrogen (secondary N) is 1. The van der Waals surface area contributed by atoms with Crippen LogP contribution in [-0.4, -0.2) is 41.0 Å². The van der Waals surface area contributed by atoms with Crippen LogP contribution in [-0.2, 0) is 16.1 Å². The smallest absolute Gasteiger partial charge is 0.405 e. The number of rotatable bonds is 6. The topological polar surface area (TPSA) is 73.2 Å². The number of ether oxygens (including phenoxy) is 1. The number of alkyl halides is 3. The maximum Gasteiger partial charge on any atom is 0.405 e. The molecule has 23 heavy (non-hydrogen) atoms. The van der Waals surface area contributed by atoms with Gasteiger partial charge < -0.3 is 10.1 Å². The van der Waals surface area contributed by atoms with E-state index in [1.807, 2.05) is 13.8 Å². The molecule has 1 aromatic heterocycles. The zero-order valence-electron chi connectivity index (χ0n) is 12.8. The molecule has 0 unspecified atom stereocenters. The number of amides is 1. The Hall–Kier alpha value is -1.77. The third kappa shape index (κ3) is 6.09. The summed E-state index contributed by atoms with van der Waals surface area (Å²) in [6.45, 7) is 3.59. The van der Waals surface area contributed by atoms with Gasteiger partial charge in [0.25, 0.3) is 5.91 Å². The molecule has 0 fully saturated rings. The molecule has 0 radical (unpaired) electrons. The van der Waals surface area contributed by atoms with E-state index in [0.29, 0.717) is 12.2 Å². The lowest BCUT2D eigenvalue weighted by molar-refractivity contribution is -0.140. The predicted molar refractivity (Wildman–Crippen MR) is 76.2 cm³/mol. The van der Waals surface area contributed by atoms with E-state index in [1.165, 1.54) is 4.68 Å². The van der Waals surface area contributed by atoms with Gasteiger partial charge in [0.1, 0.15) is 17.3 Å². The maximum absolute atomic E-state index is 11.9. The van der Waals surface area contributed by atoms with Crippen LogP contribution >= 0.6 is 11.6 Å². The van der Waals surface area contributed by atoms with Crippen molar-refractivity contribution < 1.29 is 27.5 Å². The third-order valence-electron chi connectivity index (χ3n) is 2.63. The first-order valence-corrected chi connectivity index (χ1v) is 7.12. The molecule has 0 spiro atoms. The van der Waals surface area contributed by atoms with Crippen LogP contribution in [0, 0.1) is 12.8 Å². The van der Waals surface area contributed by atoms with Crippen molar-refractivity contribution in [3.63, 3.8) is 0 Å². The van der Waals surface area contributed by atoms with Gasteiger partial charge in [-0.1, -0.05) is 25.4 Å². The number of halogens is 4. The van der Waals surface area contributed by atoms with Crippen LogP contribution in [0.2, 0.25) is 5.15 Å². The van der Waals surface area contributed by atoms with Crippen molar-refractivity contribution in [3.05, 3.63) is 16.4 Å². The first kappa shape index (κ1) is 19.3. The Morgan fingerprint density at radius 2 is 2.00 bits per heavy atom. The van der Waals surface area contributed by atoms with Crippen molar-refractivity contribution in [1.82, 2.24) is 15.1 Å². The molecule has 0 aromatic carbocycles. The third-order valence-corrected chi connectivity index (χ3v) is 3.01. The van der Waals surface area contributed by atoms with Crippen molar-refractivity contribution in [2.45, 2.75) is 33.5 Å². The molecule has 1 aromatic rings. The lowest BCUT2D eigenvalue weighted by atomic mass is 10.2. The summed E-state index contributed by atoms with van der Waals surface area (Å²) in [5, 5.41) is 5.76. The van der Waals surface area contributed by atoms with E-state index < -0.39 is 31.2 Å². The lowest BCUT2D eigenvalue weighted by Crippen LogP contribution is -2.36. The van der Waals surface area contributed by atoms with Crippen molar-refractivity contribution >= 4 is 23.5 Å². The van der Waals surface area contributed by atoms with Gasteiger partial charge in [0.15, 0.2) is 6.61 Å². The quantitative estimate of drug-likeness (QED) is 0.795. The van der Waals surface area contributed by atoms with Gasteiger partial charge in [-0.25, -0.2) is 4.79 Å². The second kappa shape index (κ2) is 7.67. The Morgan fingerprint density at radius 1 is 1.39 bits per heavy atom. The number of aryl methyl sites for hydroxylation is 1. The fraction of sp³-hybridized carbons (Fsp3) is 0.615. The molecule has 1 amide bonds. The summed E-state index contributed by atoms with van der Waals surface area (Å²) in [7, 11) is 0. The first-order valence-electron chi connectivity index (χ1n) is 6.74. The highest BCUT2D eigenvalue weighted by molar-refractivity contribution is 6.32. The summed E-state index contributed by atoms with van der Waals surface area (Å²) < 4.78 is 41.9. The molecule has 0 atom stereocenters. The fourth-order valence-corrected chi connectivity index (χ4v) is 2.03. The molecule has 1 heterocycles. The zero-order valence-corrected chi connectivity index (χ0v) is 13.6. The van der Waals surface area contributed by atoms with Crippen molar-refractivity contribution in [3.8, 4) is 0 Å². The number of carbonyl (C=O) groups is 2. The Morgan fingerprint density at radius 3 is 2.52 bits per heavy atom. The van der Waals surface area contributed by atoms with Crippen molar-refractivity contribution in [2.24, 2.45) is 5.92 Å². The van der Waals surface area contributed by atoms with E-state index in [4.69, 9.17) is 11.6 Å². The van der Waals surface area contributed by atoms with Gasteiger partial charge in [0, 0.05) is 6.54 Å². The van der Waals surface area contributed by atoms with E-state index in [9.17, 15) is 22.8 Å². The van der Waals surface area contributed by atoms with Gasteiger partial charge in [-0.15, -0.1) is 0 Å². The van der Waals surface area contributed by atoms with Crippen LogP contribution in [0.4, 0.5) is 13.2 Å². The lowest BCUT2D eigenvalue weighted by Gasteiger charge is -2.09. The standard InChI is InChI=1S/C13H17ClF3N3O3/c1-7(2)4-20-11(14)10(8(3)19-20)12(22)23-5-9(21)18-6-13(15,16)17/h7H,4-6H2,1-3H3,(H,18,21). The number of aromatic nitrogens is 2. The van der Waals surface area contributed by atoms with Gasteiger partial charge in [-0.05, 0) is 12.8 Å². The minimum Gasteiger partial charge on any atom is -0.452 e. The molecule has 130 valence electrons. The van der Waals surface area contributed by atoms with E-state index in [2.05, 4.69) is 9.84 Å². The van der Waals surface area contributed by atoms with Crippen molar-refractivity contribution in [1.29, 1.82) is 0 Å². The Balaban J connectivity index is 2.65. The largest absolute Gasteiger partial charge is 0.452 e. The van der Waals surface area contributed by atoms with Crippen molar-refractivity contribution in [2.75, 3.05) is 13.2 Å². The van der Waals surface area contributed by atoms with Gasteiger partial charge in [0.2, 0.25) is 0 Å². The number of carbonyl (C=O) groups excluding carboxylic acids is 2. The summed E-state index contributed by atoms with van der Waals surface area (Å²) in [5.74, 6) is -1.73. The summed E-state index contributed by atoms with van der Waals surface area (Å²) in [4.78, 5) is 23.1. The van der Waals surface area contributed by atoms with E-state index in [-0.39, 0.29) is 16.6 Å². The van der Waals surface area contributed by atoms with Crippen LogP contribution in [0.25, 0.3) is 0 Å². The predicted octanol–water partition coefficient (Wildman–Crippen LogP) is 2.34. The molecule has 0 aliphatic rings. The molecule has 0 saturated heterocycles. The van der Waals surface area contributed by atoms with Crippen LogP contribution < -0.4 is 5.32 Å². The number of nitrogens with zero attached hydrogens (tertiary/aromatic N) is 2. The normalized spacial score (nSPS) is 11.7. The minimum atomic E-state index is -4.53. The van der Waals surface area contributed by atoms with Gasteiger partial charge >= 0.3 is 12.1 Å². The van der Waals surface area contributed by atoms with Gasteiger partial charge in [-0.3, -0.25) is 9.48 Å². The summed E-state index contributed by atoms with van der Waals surface area (Å²) in [5.41, 5.74) is 0.312. The molecular formula is C13H17ClF3N3O3. The molecule has 1 rings (SSSR count). The molecule has 10 heteroatoms. The second-order valence-electron chi connectivity index (χ2n) is 5.30. The van der Waals surface area contributed by atoms with E-state index in [0.717, 1.165) is 0 Å². The highest BCUT2D eigenvalue weighted by atomic mass is 35.5. The maximum atomic E-state index is 11.9. The second-order valence-corrected chi connectivity index (χ2v) is 5.65. The zero-order chi connectivity index (χ0) is 17.8. The number of hydrogen-bond acceptors (Lipinski definition) is 4. The first-order chi connectivity index (χ1) is 10.5. The van der Waals surface area contributed by atoms with E-state index in [1.54, 1.807) is 12.2 Å². The van der Waals surface area contributed by atoms with Crippen LogP contribution in [0.3, 0.4) is 0 Å². The van der Waals surface area contributed by atoms with Crippen LogP contribution in [0.1, 0.15) is 29.9 Å². The minimum absolute atomic E-state index is 0.00376. The Labute approximate surface area is 135 Å². The molecule has 0 saturated carbocycles. The van der Waals surface area contributed by atoms with Gasteiger partial charge in [0.05, 0.1) is 5.69 Å². The number of hydrogen-bond donors (Lipinski definition) is 1. The molecule has 0 aliphatic carbocycles. The summed E-state index contributed by atoms with van der Waals surface area (Å²) in [6, 6.07) is 0. The fourth-order valence-electron chi connectivity index (χ4n) is 1.71. The molecule has 1 N–H and O–H groups in total. The summed E-state index contributed by atoms with van der Waals surface area (Å²) >= 11 is 6.06. The van der Waals surface area contributed by atoms with E-state index >= 15 is 0 Å². The molecule has 6 nitrogen and oxygen atoms in total. The van der Waals surface area contributed by atoms with Gasteiger partial charge in [-0.2, -0.15) is 18.3 Å². The molecule has 0 bridgehead atoms. The number of esters is 1. The Bertz CT molecular complexity index is 585. The monoisotopic (exact) mass is 355 g/mol. The highest BCUT2D eigenvalue weighted by Gasteiger charge is 2.28. The summed E-state index contributed by atoms with van der Waals surface area (Å²) in [6.07, 6.45) is -4.53. The molecule has 0 aliphatic heterocycles. The highest BCUT2D eigenvalue weighted by Crippen LogP contribution is 2.21. The Kier molecular flexibility index (Phi) is 6.43. The average Bonchev–Trinajstić information content (AvgIpc) is 2.67. The SMILES string of the molecule is Cc1nn(CC(C)C)c(Cl)c1C(=O)OCC(=O)NCC(F)(F)F. The average molecular weight is 356 g/mol. The van der Waals surface area contributed by atoms with Crippen LogP contribution in [0.5, 0.6) is 0 Å². The van der Waals surface area contributed by atoms with Crippen LogP contribution in [0.15, 0.2) is 0 Å². The molecular weight excluding hydrogens is 339 g/mol.